The molecule has 1 aliphatic heterocycles. The Bertz CT molecular complexity index is 379. The van der Waals surface area contributed by atoms with E-state index in [0.717, 1.165) is 30.9 Å². The largest absolute Gasteiger partial charge is 0.350 e. The molecule has 2 rings (SSSR count). The highest BCUT2D eigenvalue weighted by Crippen LogP contribution is 2.02. The summed E-state index contributed by atoms with van der Waals surface area (Å²) in [4.78, 5) is 11.7. The number of aromatic nitrogens is 2. The van der Waals surface area contributed by atoms with Crippen LogP contribution < -0.4 is 10.6 Å². The van der Waals surface area contributed by atoms with Crippen molar-refractivity contribution in [3.8, 4) is 0 Å². The first-order valence-corrected chi connectivity index (χ1v) is 5.66. The molecule has 0 aromatic carbocycles. The maximum Gasteiger partial charge on any atom is 0.242 e. The molecule has 0 aliphatic carbocycles. The minimum absolute atomic E-state index is 0.0416. The number of rotatable bonds is 3. The summed E-state index contributed by atoms with van der Waals surface area (Å²) in [6.45, 7) is 6.08. The lowest BCUT2D eigenvalue weighted by atomic mass is 10.2. The zero-order valence-corrected chi connectivity index (χ0v) is 9.79. The highest BCUT2D eigenvalue weighted by Gasteiger charge is 2.17. The molecule has 1 atom stereocenters. The van der Waals surface area contributed by atoms with Crippen LogP contribution in [0.3, 0.4) is 0 Å². The van der Waals surface area contributed by atoms with Gasteiger partial charge in [0.1, 0.15) is 6.54 Å². The van der Waals surface area contributed by atoms with E-state index >= 15 is 0 Å². The summed E-state index contributed by atoms with van der Waals surface area (Å²) in [6.07, 6.45) is 1.02. The van der Waals surface area contributed by atoms with Crippen LogP contribution in [0, 0.1) is 13.8 Å². The first-order valence-electron chi connectivity index (χ1n) is 5.66. The molecule has 0 bridgehead atoms. The zero-order valence-electron chi connectivity index (χ0n) is 9.79. The zero-order chi connectivity index (χ0) is 11.5. The molecule has 1 amide bonds. The molecular weight excluding hydrogens is 204 g/mol. The number of hydrogen-bond donors (Lipinski definition) is 2. The molecule has 5 heteroatoms. The van der Waals surface area contributed by atoms with Crippen molar-refractivity contribution in [1.82, 2.24) is 20.4 Å². The third-order valence-electron chi connectivity index (χ3n) is 2.82. The van der Waals surface area contributed by atoms with E-state index in [-0.39, 0.29) is 11.9 Å². The summed E-state index contributed by atoms with van der Waals surface area (Å²) in [5.41, 5.74) is 1.98. The Labute approximate surface area is 95.2 Å². The minimum atomic E-state index is 0.0416. The van der Waals surface area contributed by atoms with Crippen LogP contribution in [0.4, 0.5) is 0 Å². The maximum atomic E-state index is 11.7. The monoisotopic (exact) mass is 222 g/mol. The minimum Gasteiger partial charge on any atom is -0.350 e. The van der Waals surface area contributed by atoms with E-state index < -0.39 is 0 Å². The second kappa shape index (κ2) is 4.65. The molecule has 1 aliphatic rings. The van der Waals surface area contributed by atoms with E-state index in [9.17, 15) is 4.79 Å². The Morgan fingerprint density at radius 3 is 3.06 bits per heavy atom. The van der Waals surface area contributed by atoms with Gasteiger partial charge in [0.15, 0.2) is 0 Å². The fourth-order valence-electron chi connectivity index (χ4n) is 2.02. The van der Waals surface area contributed by atoms with Crippen molar-refractivity contribution >= 4 is 5.91 Å². The smallest absolute Gasteiger partial charge is 0.242 e. The van der Waals surface area contributed by atoms with Crippen LogP contribution in [0.15, 0.2) is 6.07 Å². The van der Waals surface area contributed by atoms with E-state index in [1.807, 2.05) is 19.9 Å². The molecule has 1 aromatic heterocycles. The van der Waals surface area contributed by atoms with Crippen LogP contribution in [-0.2, 0) is 11.3 Å². The summed E-state index contributed by atoms with van der Waals surface area (Å²) in [7, 11) is 0. The summed E-state index contributed by atoms with van der Waals surface area (Å²) in [5, 5.41) is 10.5. The van der Waals surface area contributed by atoms with E-state index in [1.54, 1.807) is 4.68 Å². The first-order chi connectivity index (χ1) is 7.65. The van der Waals surface area contributed by atoms with Crippen molar-refractivity contribution in [2.24, 2.45) is 0 Å². The van der Waals surface area contributed by atoms with Crippen molar-refractivity contribution in [3.63, 3.8) is 0 Å². The van der Waals surface area contributed by atoms with Crippen LogP contribution in [0.1, 0.15) is 17.8 Å². The third-order valence-corrected chi connectivity index (χ3v) is 2.82. The van der Waals surface area contributed by atoms with E-state index in [0.29, 0.717) is 6.54 Å². The van der Waals surface area contributed by atoms with Crippen molar-refractivity contribution < 1.29 is 4.79 Å². The number of nitrogens with zero attached hydrogens (tertiary/aromatic N) is 2. The molecule has 2 heterocycles. The Morgan fingerprint density at radius 2 is 2.50 bits per heavy atom. The quantitative estimate of drug-likeness (QED) is 0.755. The highest BCUT2D eigenvalue weighted by atomic mass is 16.2. The lowest BCUT2D eigenvalue weighted by Gasteiger charge is -2.11. The molecule has 1 saturated heterocycles. The van der Waals surface area contributed by atoms with E-state index in [1.165, 1.54) is 0 Å². The Hall–Kier alpha value is -1.36. The lowest BCUT2D eigenvalue weighted by Crippen LogP contribution is -2.38. The molecule has 88 valence electrons. The molecule has 5 nitrogen and oxygen atoms in total. The Balaban J connectivity index is 1.89. The van der Waals surface area contributed by atoms with Crippen molar-refractivity contribution in [2.45, 2.75) is 32.9 Å². The normalized spacial score (nSPS) is 20.0. The second-order valence-corrected chi connectivity index (χ2v) is 4.34. The molecule has 0 saturated carbocycles. The number of aryl methyl sites for hydroxylation is 2. The van der Waals surface area contributed by atoms with Gasteiger partial charge in [-0.05, 0) is 32.9 Å². The second-order valence-electron chi connectivity index (χ2n) is 4.34. The van der Waals surface area contributed by atoms with E-state index in [2.05, 4.69) is 15.7 Å². The van der Waals surface area contributed by atoms with Gasteiger partial charge in [0.2, 0.25) is 5.91 Å². The maximum absolute atomic E-state index is 11.7. The number of carbonyl (C=O) groups excluding carboxylic acids is 1. The first kappa shape index (κ1) is 11.1. The van der Waals surface area contributed by atoms with Crippen LogP contribution >= 0.6 is 0 Å². The van der Waals surface area contributed by atoms with Gasteiger partial charge in [0, 0.05) is 18.3 Å². The molecule has 0 unspecified atom stereocenters. The van der Waals surface area contributed by atoms with Crippen LogP contribution in [0.2, 0.25) is 0 Å². The molecular formula is C11H18N4O. The lowest BCUT2D eigenvalue weighted by molar-refractivity contribution is -0.122. The van der Waals surface area contributed by atoms with Crippen LogP contribution in [0.25, 0.3) is 0 Å². The standard InChI is InChI=1S/C11H18N4O/c1-8-5-9(2)15(14-8)7-11(16)13-10-3-4-12-6-10/h5,10,12H,3-4,6-7H2,1-2H3,(H,13,16)/t10-/m1/s1. The van der Waals surface area contributed by atoms with Gasteiger partial charge >= 0.3 is 0 Å². The fraction of sp³-hybridized carbons (Fsp3) is 0.636. The van der Waals surface area contributed by atoms with Gasteiger partial charge in [-0.2, -0.15) is 5.10 Å². The predicted octanol–water partition coefficient (Wildman–Crippen LogP) is -0.0220. The number of carbonyl (C=O) groups is 1. The number of nitrogens with one attached hydrogen (secondary N) is 2. The summed E-state index contributed by atoms with van der Waals surface area (Å²) in [5.74, 6) is 0.0416. The van der Waals surface area contributed by atoms with Crippen molar-refractivity contribution in [1.29, 1.82) is 0 Å². The molecule has 0 radical (unpaired) electrons. The summed E-state index contributed by atoms with van der Waals surface area (Å²) >= 11 is 0. The molecule has 16 heavy (non-hydrogen) atoms. The molecule has 1 aromatic rings. The van der Waals surface area contributed by atoms with Gasteiger partial charge in [0.05, 0.1) is 5.69 Å². The number of hydrogen-bond acceptors (Lipinski definition) is 3. The van der Waals surface area contributed by atoms with Gasteiger partial charge in [-0.1, -0.05) is 0 Å². The van der Waals surface area contributed by atoms with Crippen molar-refractivity contribution in [2.75, 3.05) is 13.1 Å². The molecule has 2 N–H and O–H groups in total. The average Bonchev–Trinajstić information content (AvgIpc) is 2.78. The number of amides is 1. The predicted molar refractivity (Wildman–Crippen MR) is 61.1 cm³/mol. The molecule has 0 spiro atoms. The topological polar surface area (TPSA) is 59.0 Å². The van der Waals surface area contributed by atoms with Crippen molar-refractivity contribution in [3.05, 3.63) is 17.5 Å². The summed E-state index contributed by atoms with van der Waals surface area (Å²) < 4.78 is 1.74. The third kappa shape index (κ3) is 2.61. The Morgan fingerprint density at radius 1 is 1.69 bits per heavy atom. The van der Waals surface area contributed by atoms with E-state index in [4.69, 9.17) is 0 Å². The van der Waals surface area contributed by atoms with Gasteiger partial charge in [-0.3, -0.25) is 9.48 Å². The van der Waals surface area contributed by atoms with Crippen LogP contribution in [0.5, 0.6) is 0 Å². The highest BCUT2D eigenvalue weighted by molar-refractivity contribution is 5.76. The Kier molecular flexibility index (Phi) is 3.24. The fourth-order valence-corrected chi connectivity index (χ4v) is 2.02. The molecule has 1 fully saturated rings. The van der Waals surface area contributed by atoms with Gasteiger partial charge in [-0.15, -0.1) is 0 Å². The van der Waals surface area contributed by atoms with Gasteiger partial charge in [-0.25, -0.2) is 0 Å². The van der Waals surface area contributed by atoms with Crippen LogP contribution in [-0.4, -0.2) is 34.8 Å². The summed E-state index contributed by atoms with van der Waals surface area (Å²) in [6, 6.07) is 2.26. The average molecular weight is 222 g/mol. The SMILES string of the molecule is Cc1cc(C)n(CC(=O)N[C@@H]2CCNC2)n1. The van der Waals surface area contributed by atoms with Gasteiger partial charge < -0.3 is 10.6 Å². The van der Waals surface area contributed by atoms with Gasteiger partial charge in [0.25, 0.3) is 0 Å².